The van der Waals surface area contributed by atoms with E-state index in [1.807, 2.05) is 4.90 Å². The molecule has 3 N–H and O–H groups in total. The maximum absolute atomic E-state index is 13.4. The minimum Gasteiger partial charge on any atom is -0.395 e. The molecule has 0 bridgehead atoms. The van der Waals surface area contributed by atoms with Crippen LogP contribution in [-0.2, 0) is 10.0 Å². The van der Waals surface area contributed by atoms with E-state index in [1.165, 1.54) is 19.8 Å². The number of aliphatic hydroxyl groups is 1. The number of piperidine rings is 1. The molecule has 11 heteroatoms. The quantitative estimate of drug-likeness (QED) is 0.493. The summed E-state index contributed by atoms with van der Waals surface area (Å²) in [6, 6.07) is 10.1. The number of alkyl halides is 1. The van der Waals surface area contributed by atoms with Gasteiger partial charge in [-0.25, -0.2) is 17.8 Å². The number of halogens is 1. The van der Waals surface area contributed by atoms with Gasteiger partial charge in [0.1, 0.15) is 23.1 Å². The summed E-state index contributed by atoms with van der Waals surface area (Å²) >= 11 is 0. The summed E-state index contributed by atoms with van der Waals surface area (Å²) in [5.74, 6) is 0.616. The fraction of sp³-hybridized carbons (Fsp3) is 0.520. The molecule has 1 saturated carbocycles. The second kappa shape index (κ2) is 9.51. The van der Waals surface area contributed by atoms with E-state index in [4.69, 9.17) is 0 Å². The molecule has 1 spiro atoms. The van der Waals surface area contributed by atoms with Gasteiger partial charge in [0.15, 0.2) is 0 Å². The maximum atomic E-state index is 13.4. The van der Waals surface area contributed by atoms with Gasteiger partial charge in [0.05, 0.1) is 36.6 Å². The number of aromatic nitrogens is 1. The van der Waals surface area contributed by atoms with Crippen LogP contribution >= 0.6 is 0 Å². The van der Waals surface area contributed by atoms with Crippen LogP contribution in [0, 0.1) is 5.41 Å². The van der Waals surface area contributed by atoms with E-state index in [0.717, 1.165) is 25.9 Å². The van der Waals surface area contributed by atoms with Crippen LogP contribution in [0.3, 0.4) is 0 Å². The fourth-order valence-corrected chi connectivity index (χ4v) is 5.63. The third kappa shape index (κ3) is 5.12. The lowest BCUT2D eigenvalue weighted by molar-refractivity contribution is 0.102. The second-order valence-corrected chi connectivity index (χ2v) is 12.3. The number of amides is 1. The van der Waals surface area contributed by atoms with Gasteiger partial charge in [0, 0.05) is 13.1 Å². The Morgan fingerprint density at radius 2 is 1.89 bits per heavy atom. The molecule has 2 aromatic rings. The van der Waals surface area contributed by atoms with Crippen molar-refractivity contribution in [3.8, 4) is 0 Å². The number of nitrogens with zero attached hydrogens (tertiary/aromatic N) is 3. The van der Waals surface area contributed by atoms with Gasteiger partial charge in [-0.3, -0.25) is 9.52 Å². The predicted octanol–water partition coefficient (Wildman–Crippen LogP) is 2.99. The van der Waals surface area contributed by atoms with Gasteiger partial charge in [0.2, 0.25) is 10.0 Å². The number of hydrogen-bond acceptors (Lipinski definition) is 7. The van der Waals surface area contributed by atoms with E-state index in [9.17, 15) is 22.7 Å². The topological polar surface area (TPSA) is 115 Å². The van der Waals surface area contributed by atoms with Gasteiger partial charge < -0.3 is 20.2 Å². The van der Waals surface area contributed by atoms with Crippen molar-refractivity contribution in [2.75, 3.05) is 52.6 Å². The molecule has 1 amide bonds. The van der Waals surface area contributed by atoms with Gasteiger partial charge in [-0.1, -0.05) is 6.07 Å². The van der Waals surface area contributed by atoms with E-state index < -0.39 is 28.1 Å². The Balaban J connectivity index is 1.39. The van der Waals surface area contributed by atoms with E-state index in [-0.39, 0.29) is 19.0 Å². The van der Waals surface area contributed by atoms with Gasteiger partial charge in [0.25, 0.3) is 5.91 Å². The number of benzene rings is 1. The number of hydrogen-bond donors (Lipinski definition) is 3. The van der Waals surface area contributed by atoms with Gasteiger partial charge in [-0.05, 0) is 68.4 Å². The highest BCUT2D eigenvalue weighted by molar-refractivity contribution is 7.93. The highest BCUT2D eigenvalue weighted by Gasteiger charge is 2.44. The molecule has 36 heavy (non-hydrogen) atoms. The highest BCUT2D eigenvalue weighted by atomic mass is 32.2. The number of carbonyl (C=O) groups is 1. The van der Waals surface area contributed by atoms with E-state index >= 15 is 0 Å². The Morgan fingerprint density at radius 3 is 2.53 bits per heavy atom. The van der Waals surface area contributed by atoms with Crippen molar-refractivity contribution in [2.45, 2.75) is 44.0 Å². The summed E-state index contributed by atoms with van der Waals surface area (Å²) in [5.41, 5.74) is 1.85. The van der Waals surface area contributed by atoms with Crippen molar-refractivity contribution >= 4 is 38.9 Å². The Bertz CT molecular complexity index is 1240. The Labute approximate surface area is 210 Å². The monoisotopic (exact) mass is 517 g/mol. The molecule has 3 fully saturated rings. The van der Waals surface area contributed by atoms with Crippen molar-refractivity contribution in [3.63, 3.8) is 0 Å². The molecule has 1 atom stereocenters. The maximum Gasteiger partial charge on any atom is 0.258 e. The van der Waals surface area contributed by atoms with E-state index in [0.29, 0.717) is 34.0 Å². The number of aliphatic hydroxyl groups excluding tert-OH is 1. The van der Waals surface area contributed by atoms with Gasteiger partial charge >= 0.3 is 0 Å². The summed E-state index contributed by atoms with van der Waals surface area (Å²) < 4.78 is 40.8. The molecular formula is C25H32FN5O4S. The summed E-state index contributed by atoms with van der Waals surface area (Å²) in [6.45, 7) is 3.09. The lowest BCUT2D eigenvalue weighted by Crippen LogP contribution is -2.48. The van der Waals surface area contributed by atoms with Crippen LogP contribution in [0.5, 0.6) is 0 Å². The van der Waals surface area contributed by atoms with E-state index in [2.05, 4.69) is 19.9 Å². The second-order valence-electron chi connectivity index (χ2n) is 10.2. The summed E-state index contributed by atoms with van der Waals surface area (Å²) in [4.78, 5) is 21.8. The zero-order valence-electron chi connectivity index (χ0n) is 20.3. The molecular weight excluding hydrogens is 485 g/mol. The van der Waals surface area contributed by atoms with Crippen LogP contribution in [0.15, 0.2) is 36.4 Å². The fourth-order valence-electron chi connectivity index (χ4n) is 4.78. The lowest BCUT2D eigenvalue weighted by Gasteiger charge is -2.35. The van der Waals surface area contributed by atoms with Gasteiger partial charge in [-0.2, -0.15) is 0 Å². The van der Waals surface area contributed by atoms with Crippen molar-refractivity contribution in [3.05, 3.63) is 42.0 Å². The SMILES string of the molecule is C[C@H](CO)S(=O)(=O)Nc1ccc(C(=O)Nc2cccc(N3CC(F)C3)n2)c(N2CCC3(CC2)CC3)c1. The Hall–Kier alpha value is -2.92. The first-order valence-electron chi connectivity index (χ1n) is 12.4. The number of carbonyl (C=O) groups excluding carboxylic acids is 1. The van der Waals surface area contributed by atoms with Crippen molar-refractivity contribution in [2.24, 2.45) is 5.41 Å². The van der Waals surface area contributed by atoms with Crippen LogP contribution in [0.2, 0.25) is 0 Å². The van der Waals surface area contributed by atoms with Crippen molar-refractivity contribution in [1.29, 1.82) is 0 Å². The number of pyridine rings is 1. The largest absolute Gasteiger partial charge is 0.395 e. The van der Waals surface area contributed by atoms with Crippen molar-refractivity contribution in [1.82, 2.24) is 4.98 Å². The van der Waals surface area contributed by atoms with Gasteiger partial charge in [-0.15, -0.1) is 0 Å². The summed E-state index contributed by atoms with van der Waals surface area (Å²) in [6.07, 6.45) is 3.72. The zero-order chi connectivity index (χ0) is 25.5. The minimum absolute atomic E-state index is 0.289. The molecule has 2 aliphatic heterocycles. The third-order valence-electron chi connectivity index (χ3n) is 7.55. The van der Waals surface area contributed by atoms with Crippen LogP contribution in [0.4, 0.5) is 27.4 Å². The van der Waals surface area contributed by atoms with Crippen LogP contribution < -0.4 is 19.8 Å². The molecule has 5 rings (SSSR count). The lowest BCUT2D eigenvalue weighted by atomic mass is 9.93. The number of sulfonamides is 1. The first kappa shape index (κ1) is 24.8. The normalized spacial score (nSPS) is 20.1. The molecule has 9 nitrogen and oxygen atoms in total. The van der Waals surface area contributed by atoms with Crippen molar-refractivity contribution < 1.29 is 22.7 Å². The minimum atomic E-state index is -3.78. The molecule has 1 aliphatic carbocycles. The first-order chi connectivity index (χ1) is 17.2. The molecule has 1 aromatic heterocycles. The molecule has 194 valence electrons. The number of nitrogens with one attached hydrogen (secondary N) is 2. The average Bonchev–Trinajstić information content (AvgIpc) is 3.60. The molecule has 2 saturated heterocycles. The van der Waals surface area contributed by atoms with Crippen LogP contribution in [0.25, 0.3) is 0 Å². The highest BCUT2D eigenvalue weighted by Crippen LogP contribution is 2.54. The predicted molar refractivity (Wildman–Crippen MR) is 138 cm³/mol. The average molecular weight is 518 g/mol. The molecule has 3 heterocycles. The smallest absolute Gasteiger partial charge is 0.258 e. The molecule has 1 aromatic carbocycles. The Kier molecular flexibility index (Phi) is 6.54. The van der Waals surface area contributed by atoms with E-state index in [1.54, 1.807) is 36.4 Å². The van der Waals surface area contributed by atoms with Crippen LogP contribution in [0.1, 0.15) is 43.0 Å². The summed E-state index contributed by atoms with van der Waals surface area (Å²) in [7, 11) is -3.78. The Morgan fingerprint density at radius 1 is 1.17 bits per heavy atom. The zero-order valence-corrected chi connectivity index (χ0v) is 21.1. The molecule has 0 radical (unpaired) electrons. The first-order valence-corrected chi connectivity index (χ1v) is 13.9. The standard InChI is InChI=1S/C25H32FN5O4S/c1-17(16-32)36(34,35)29-19-5-6-20(21(13-19)30-11-9-25(7-8-25)10-12-30)24(33)28-22-3-2-4-23(27-22)31-14-18(26)15-31/h2-6,13,17-18,29,32H,7-12,14-16H2,1H3,(H,27,28,33)/t17-/m1/s1. The third-order valence-corrected chi connectivity index (χ3v) is 9.28. The van der Waals surface area contributed by atoms with Crippen LogP contribution in [-0.4, -0.2) is 68.6 Å². The molecule has 3 aliphatic rings. The number of rotatable bonds is 8. The molecule has 0 unspecified atom stereocenters. The number of anilines is 4. The summed E-state index contributed by atoms with van der Waals surface area (Å²) in [5, 5.41) is 11.2.